The molecule has 8 rings (SSSR count). The monoisotopic (exact) mass is 722 g/mol. The van der Waals surface area contributed by atoms with Crippen molar-refractivity contribution in [3.05, 3.63) is 102 Å². The van der Waals surface area contributed by atoms with E-state index in [0.717, 1.165) is 53.4 Å². The van der Waals surface area contributed by atoms with Crippen molar-refractivity contribution in [2.75, 3.05) is 13.7 Å². The first-order valence-electron chi connectivity index (χ1n) is 19.4. The van der Waals surface area contributed by atoms with Crippen molar-refractivity contribution in [3.8, 4) is 44.8 Å². The van der Waals surface area contributed by atoms with E-state index in [4.69, 9.17) is 9.72 Å². The number of carbonyl (C=O) groups excluding carboxylic acids is 2. The molecule has 3 heterocycles. The third kappa shape index (κ3) is 6.65. The van der Waals surface area contributed by atoms with Crippen molar-refractivity contribution in [1.29, 1.82) is 0 Å². The smallest absolute Gasteiger partial charge is 0.407 e. The van der Waals surface area contributed by atoms with E-state index in [2.05, 4.69) is 94.4 Å². The standard InChI is InChI=1S/C45H50N6O3/c1-6-40-46-24-37(48-40)31-13-9-29(10-14-31)33-17-18-34(36-23-45(22-35(33)36)19-7-8-20-45)30-11-15-32(16-12-30)38-25-47-42(49-38)39-21-28(4)26-51(39)43(52)41(27(2)3)50-44(53)54-5/h6,9-18,24-25,27-28,39,41H,1,7-8,19-23,26H2,2-5H3,(H,46,48)(H,47,49)(H,50,53)/t28-,39+,41+/m1/s1. The van der Waals surface area contributed by atoms with Gasteiger partial charge in [0.1, 0.15) is 17.7 Å². The van der Waals surface area contributed by atoms with Crippen LogP contribution in [-0.4, -0.2) is 56.5 Å². The van der Waals surface area contributed by atoms with E-state index in [1.165, 1.54) is 66.2 Å². The number of benzene rings is 3. The summed E-state index contributed by atoms with van der Waals surface area (Å²) in [4.78, 5) is 43.7. The Morgan fingerprint density at radius 2 is 1.43 bits per heavy atom. The van der Waals surface area contributed by atoms with Crippen LogP contribution in [0.2, 0.25) is 0 Å². The van der Waals surface area contributed by atoms with Crippen LogP contribution in [0, 0.1) is 17.3 Å². The number of nitrogens with one attached hydrogen (secondary N) is 3. The molecule has 2 fully saturated rings. The minimum atomic E-state index is -0.675. The predicted molar refractivity (Wildman–Crippen MR) is 213 cm³/mol. The summed E-state index contributed by atoms with van der Waals surface area (Å²) in [5.41, 5.74) is 12.6. The predicted octanol–water partition coefficient (Wildman–Crippen LogP) is 9.39. The van der Waals surface area contributed by atoms with Crippen LogP contribution < -0.4 is 5.32 Å². The number of hydrogen-bond donors (Lipinski definition) is 3. The van der Waals surface area contributed by atoms with Gasteiger partial charge in [0.25, 0.3) is 0 Å². The molecule has 1 aliphatic heterocycles. The second kappa shape index (κ2) is 14.4. The van der Waals surface area contributed by atoms with E-state index in [1.807, 2.05) is 31.1 Å². The van der Waals surface area contributed by atoms with Gasteiger partial charge in [-0.25, -0.2) is 14.8 Å². The second-order valence-corrected chi connectivity index (χ2v) is 16.1. The number of carbonyl (C=O) groups is 2. The van der Waals surface area contributed by atoms with Gasteiger partial charge in [-0.3, -0.25) is 4.79 Å². The molecule has 278 valence electrons. The average molecular weight is 723 g/mol. The van der Waals surface area contributed by atoms with Crippen LogP contribution in [0.5, 0.6) is 0 Å². The quantitative estimate of drug-likeness (QED) is 0.140. The number of likely N-dealkylation sites (tertiary alicyclic amines) is 1. The van der Waals surface area contributed by atoms with Crippen molar-refractivity contribution < 1.29 is 14.3 Å². The molecule has 3 atom stereocenters. The van der Waals surface area contributed by atoms with Crippen LogP contribution in [0.1, 0.15) is 81.7 Å². The number of rotatable bonds is 9. The highest BCUT2D eigenvalue weighted by Gasteiger charge is 2.42. The summed E-state index contributed by atoms with van der Waals surface area (Å²) in [7, 11) is 1.31. The van der Waals surface area contributed by atoms with Gasteiger partial charge in [0.15, 0.2) is 0 Å². The van der Waals surface area contributed by atoms with Gasteiger partial charge in [-0.05, 0) is 99.9 Å². The third-order valence-corrected chi connectivity index (χ3v) is 12.1. The fourth-order valence-electron chi connectivity index (χ4n) is 9.25. The molecule has 5 aromatic rings. The lowest BCUT2D eigenvalue weighted by molar-refractivity contribution is -0.135. The molecular formula is C45H50N6O3. The maximum absolute atomic E-state index is 13.8. The van der Waals surface area contributed by atoms with Gasteiger partial charge in [-0.15, -0.1) is 0 Å². The first kappa shape index (κ1) is 35.6. The van der Waals surface area contributed by atoms with Crippen LogP contribution >= 0.6 is 0 Å². The largest absolute Gasteiger partial charge is 0.453 e. The molecule has 3 N–H and O–H groups in total. The van der Waals surface area contributed by atoms with Crippen molar-refractivity contribution in [3.63, 3.8) is 0 Å². The molecule has 1 saturated carbocycles. The van der Waals surface area contributed by atoms with Gasteiger partial charge >= 0.3 is 6.09 Å². The molecule has 0 unspecified atom stereocenters. The molecule has 0 bridgehead atoms. The molecule has 0 radical (unpaired) electrons. The number of nitrogens with zero attached hydrogens (tertiary/aromatic N) is 3. The van der Waals surface area contributed by atoms with Gasteiger partial charge in [-0.1, -0.05) is 101 Å². The minimum absolute atomic E-state index is 0.0916. The number of fused-ring (bicyclic) bond motifs is 1. The number of aromatic amines is 2. The molecule has 3 aliphatic rings. The van der Waals surface area contributed by atoms with E-state index >= 15 is 0 Å². The number of hydrogen-bond acceptors (Lipinski definition) is 5. The summed E-state index contributed by atoms with van der Waals surface area (Å²) in [5.74, 6) is 1.64. The molecule has 1 saturated heterocycles. The van der Waals surface area contributed by atoms with Crippen molar-refractivity contribution in [2.24, 2.45) is 17.3 Å². The zero-order chi connectivity index (χ0) is 37.6. The first-order chi connectivity index (χ1) is 26.1. The van der Waals surface area contributed by atoms with Crippen LogP contribution in [-0.2, 0) is 22.4 Å². The highest BCUT2D eigenvalue weighted by Crippen LogP contribution is 2.53. The first-order valence-corrected chi connectivity index (χ1v) is 19.4. The Hall–Kier alpha value is -5.44. The highest BCUT2D eigenvalue weighted by atomic mass is 16.5. The van der Waals surface area contributed by atoms with Gasteiger partial charge < -0.3 is 24.9 Å². The van der Waals surface area contributed by atoms with Gasteiger partial charge in [0.2, 0.25) is 5.91 Å². The number of alkyl carbamates (subject to hydrolysis) is 1. The fourth-order valence-corrected chi connectivity index (χ4v) is 9.25. The summed E-state index contributed by atoms with van der Waals surface area (Å²) in [5, 5.41) is 2.74. The lowest BCUT2D eigenvalue weighted by Crippen LogP contribution is -2.51. The molecule has 3 aromatic carbocycles. The Labute approximate surface area is 317 Å². The summed E-state index contributed by atoms with van der Waals surface area (Å²) in [6, 6.07) is 21.5. The van der Waals surface area contributed by atoms with E-state index in [-0.39, 0.29) is 17.9 Å². The summed E-state index contributed by atoms with van der Waals surface area (Å²) in [6.07, 6.45) is 13.2. The lowest BCUT2D eigenvalue weighted by Gasteiger charge is -2.30. The summed E-state index contributed by atoms with van der Waals surface area (Å²) in [6.45, 7) is 10.4. The van der Waals surface area contributed by atoms with E-state index in [1.54, 1.807) is 6.08 Å². The number of aromatic nitrogens is 4. The molecule has 54 heavy (non-hydrogen) atoms. The zero-order valence-electron chi connectivity index (χ0n) is 31.7. The summed E-state index contributed by atoms with van der Waals surface area (Å²) >= 11 is 0. The Kier molecular flexibility index (Phi) is 9.50. The Morgan fingerprint density at radius 3 is 1.96 bits per heavy atom. The van der Waals surface area contributed by atoms with Crippen molar-refractivity contribution in [2.45, 2.75) is 77.8 Å². The van der Waals surface area contributed by atoms with Gasteiger partial charge in [0, 0.05) is 6.54 Å². The van der Waals surface area contributed by atoms with Crippen LogP contribution in [0.25, 0.3) is 50.8 Å². The lowest BCUT2D eigenvalue weighted by atomic mass is 9.82. The molecule has 2 aromatic heterocycles. The number of methoxy groups -OCH3 is 1. The normalized spacial score (nSPS) is 19.3. The van der Waals surface area contributed by atoms with Crippen LogP contribution in [0.15, 0.2) is 79.6 Å². The van der Waals surface area contributed by atoms with Gasteiger partial charge in [-0.2, -0.15) is 0 Å². The van der Waals surface area contributed by atoms with Crippen LogP contribution in [0.4, 0.5) is 4.79 Å². The molecule has 1 spiro atoms. The van der Waals surface area contributed by atoms with Crippen molar-refractivity contribution >= 4 is 18.1 Å². The minimum Gasteiger partial charge on any atom is -0.453 e. The SMILES string of the molecule is C=Cc1ncc(-c2ccc(-c3ccc(-c4ccc(-c5cnc([C@@H]6C[C@@H](C)CN6C(=O)[C@@H](NC(=O)OC)C(C)C)[nH]5)cc4)c4c3CC3(CCCC3)C4)cc2)[nH]1. The van der Waals surface area contributed by atoms with E-state index < -0.39 is 12.1 Å². The Balaban J connectivity index is 1.05. The highest BCUT2D eigenvalue weighted by molar-refractivity contribution is 5.86. The number of ether oxygens (including phenoxy) is 1. The molecule has 2 aliphatic carbocycles. The molecule has 9 nitrogen and oxygen atoms in total. The second-order valence-electron chi connectivity index (χ2n) is 16.1. The molecule has 2 amide bonds. The number of H-pyrrole nitrogens is 2. The maximum Gasteiger partial charge on any atom is 0.407 e. The van der Waals surface area contributed by atoms with Crippen molar-refractivity contribution in [1.82, 2.24) is 30.2 Å². The molecule has 9 heteroatoms. The number of amides is 2. The maximum atomic E-state index is 13.8. The Morgan fingerprint density at radius 1 is 0.870 bits per heavy atom. The van der Waals surface area contributed by atoms with Crippen LogP contribution in [0.3, 0.4) is 0 Å². The topological polar surface area (TPSA) is 116 Å². The summed E-state index contributed by atoms with van der Waals surface area (Å²) < 4.78 is 4.81. The number of imidazole rings is 2. The molecular weight excluding hydrogens is 673 g/mol. The third-order valence-electron chi connectivity index (χ3n) is 12.1. The Bertz CT molecular complexity index is 2170. The van der Waals surface area contributed by atoms with E-state index in [9.17, 15) is 9.59 Å². The zero-order valence-corrected chi connectivity index (χ0v) is 31.7. The average Bonchev–Trinajstić information content (AvgIpc) is 4.04. The van der Waals surface area contributed by atoms with E-state index in [0.29, 0.717) is 17.9 Å². The fraction of sp³-hybridized carbons (Fsp3) is 0.378. The van der Waals surface area contributed by atoms with Gasteiger partial charge in [0.05, 0.1) is 36.9 Å².